The van der Waals surface area contributed by atoms with Crippen molar-refractivity contribution >= 4 is 18.1 Å². The van der Waals surface area contributed by atoms with E-state index >= 15 is 0 Å². The number of aromatic nitrogens is 1. The monoisotopic (exact) mass is 504 g/mol. The quantitative estimate of drug-likeness (QED) is 0.341. The summed E-state index contributed by atoms with van der Waals surface area (Å²) in [5.41, 5.74) is -4.41. The van der Waals surface area contributed by atoms with E-state index in [9.17, 15) is 44.6 Å². The Morgan fingerprint density at radius 3 is 2.26 bits per heavy atom. The molecule has 188 valence electrons. The van der Waals surface area contributed by atoms with Gasteiger partial charge in [-0.25, -0.2) is 5.01 Å². The number of anilines is 1. The number of methoxy groups -OCH3 is 1. The Morgan fingerprint density at radius 2 is 1.79 bits per heavy atom. The molecule has 0 fully saturated rings. The molecule has 0 aliphatic carbocycles. The molecule has 0 saturated carbocycles. The largest absolute Gasteiger partial charge is 0.417 e. The lowest BCUT2D eigenvalue weighted by atomic mass is 9.90. The van der Waals surface area contributed by atoms with Crippen LogP contribution in [-0.2, 0) is 10.9 Å². The maximum atomic E-state index is 13.6. The van der Waals surface area contributed by atoms with Crippen LogP contribution in [-0.4, -0.2) is 54.3 Å². The van der Waals surface area contributed by atoms with Gasteiger partial charge in [0, 0.05) is 19.5 Å². The zero-order chi connectivity index (χ0) is 26.1. The molecule has 2 heterocycles. The Hall–Kier alpha value is -2.94. The number of hydrazone groups is 1. The Balaban J connectivity index is 2.68. The lowest BCUT2D eigenvalue weighted by Crippen LogP contribution is -2.48. The summed E-state index contributed by atoms with van der Waals surface area (Å²) in [6, 6.07) is 0.469. The lowest BCUT2D eigenvalue weighted by Gasteiger charge is -2.30. The Bertz CT molecular complexity index is 997. The molecule has 15 heteroatoms. The third-order valence-corrected chi connectivity index (χ3v) is 4.66. The molecule has 3 atom stereocenters. The predicted octanol–water partition coefficient (Wildman–Crippen LogP) is 4.88. The first-order valence-electron chi connectivity index (χ1n) is 9.11. The van der Waals surface area contributed by atoms with Crippen LogP contribution in [0, 0.1) is 5.92 Å². The topological polar surface area (TPSA) is 70.3 Å². The van der Waals surface area contributed by atoms with E-state index in [4.69, 9.17) is 0 Å². The van der Waals surface area contributed by atoms with Gasteiger partial charge in [0.05, 0.1) is 34.7 Å². The molecule has 3 unspecified atom stereocenters. The van der Waals surface area contributed by atoms with Crippen LogP contribution in [0.1, 0.15) is 12.5 Å². The number of ether oxygens (including phenoxy) is 1. The first kappa shape index (κ1) is 27.3. The minimum Gasteiger partial charge on any atom is -0.371 e. The van der Waals surface area contributed by atoms with Crippen LogP contribution in [0.3, 0.4) is 0 Å². The van der Waals surface area contributed by atoms with Crippen molar-refractivity contribution in [3.8, 4) is 0 Å². The van der Waals surface area contributed by atoms with Gasteiger partial charge < -0.3 is 9.84 Å². The smallest absolute Gasteiger partial charge is 0.371 e. The van der Waals surface area contributed by atoms with Gasteiger partial charge in [0.25, 0.3) is 0 Å². The molecule has 1 aliphatic heterocycles. The summed E-state index contributed by atoms with van der Waals surface area (Å²) in [4.78, 5) is 6.36. The van der Waals surface area contributed by atoms with Gasteiger partial charge in [-0.3, -0.25) is 9.98 Å². The van der Waals surface area contributed by atoms with E-state index in [-0.39, 0.29) is 0 Å². The van der Waals surface area contributed by atoms with Crippen molar-refractivity contribution in [3.63, 3.8) is 0 Å². The van der Waals surface area contributed by atoms with Crippen molar-refractivity contribution in [1.29, 1.82) is 0 Å². The molecule has 0 aromatic carbocycles. The van der Waals surface area contributed by atoms with Crippen LogP contribution < -0.4 is 5.01 Å². The first-order chi connectivity index (χ1) is 15.5. The SMILES string of the molecule is C=N/C=C(\C=C(/C)C1=NN(c2cncc(C(F)(F)F)c2)C(O)C1C(OC)C(F)(F)F)C(F)(F)F. The van der Waals surface area contributed by atoms with Crippen LogP contribution in [0.2, 0.25) is 0 Å². The fourth-order valence-corrected chi connectivity index (χ4v) is 3.18. The molecule has 1 N–H and O–H groups in total. The van der Waals surface area contributed by atoms with E-state index in [1.807, 2.05) is 0 Å². The van der Waals surface area contributed by atoms with Gasteiger partial charge in [-0.1, -0.05) is 0 Å². The van der Waals surface area contributed by atoms with Gasteiger partial charge in [0.2, 0.25) is 0 Å². The summed E-state index contributed by atoms with van der Waals surface area (Å²) >= 11 is 0. The molecule has 1 aliphatic rings. The molecular weight excluding hydrogens is 487 g/mol. The Kier molecular flexibility index (Phi) is 7.82. The van der Waals surface area contributed by atoms with Gasteiger partial charge in [-0.05, 0) is 31.4 Å². The van der Waals surface area contributed by atoms with Gasteiger partial charge in [-0.2, -0.15) is 44.6 Å². The number of hydrogen-bond donors (Lipinski definition) is 1. The third-order valence-electron chi connectivity index (χ3n) is 4.66. The standard InChI is InChI=1S/C19H17F9N4O2/c1-9(4-10(6-29-2)17(20,21)22)14-13(15(34-3)19(26,27)28)16(33)32(31-14)12-5-11(7-30-8-12)18(23,24)25/h4-8,13,15-16,33H,2H2,1,3H3/b9-4+,10-6+. The van der Waals surface area contributed by atoms with Crippen molar-refractivity contribution in [2.45, 2.75) is 37.8 Å². The average Bonchev–Trinajstić information content (AvgIpc) is 3.03. The average molecular weight is 504 g/mol. The number of hydrogen-bond acceptors (Lipinski definition) is 6. The minimum absolute atomic E-state index is 0.316. The number of aliphatic imine (C=N–C) groups is 1. The molecule has 6 nitrogen and oxygen atoms in total. The van der Waals surface area contributed by atoms with E-state index in [0.29, 0.717) is 36.7 Å². The van der Waals surface area contributed by atoms with Crippen molar-refractivity contribution in [2.24, 2.45) is 16.0 Å². The summed E-state index contributed by atoms with van der Waals surface area (Å²) in [5.74, 6) is -2.12. The number of alkyl halides is 9. The second-order valence-corrected chi connectivity index (χ2v) is 6.99. The summed E-state index contributed by atoms with van der Waals surface area (Å²) in [6.45, 7) is 3.88. The van der Waals surface area contributed by atoms with Crippen LogP contribution >= 0.6 is 0 Å². The Morgan fingerprint density at radius 1 is 1.18 bits per heavy atom. The van der Waals surface area contributed by atoms with Crippen LogP contribution in [0.4, 0.5) is 45.2 Å². The van der Waals surface area contributed by atoms with Crippen LogP contribution in [0.25, 0.3) is 0 Å². The van der Waals surface area contributed by atoms with Crippen molar-refractivity contribution in [3.05, 3.63) is 47.4 Å². The van der Waals surface area contributed by atoms with Crippen molar-refractivity contribution < 1.29 is 49.4 Å². The van der Waals surface area contributed by atoms with E-state index in [0.717, 1.165) is 13.1 Å². The number of pyridine rings is 1. The molecule has 2 rings (SSSR count). The molecule has 0 bridgehead atoms. The highest BCUT2D eigenvalue weighted by Gasteiger charge is 2.54. The van der Waals surface area contributed by atoms with Crippen molar-refractivity contribution in [1.82, 2.24) is 4.98 Å². The number of aliphatic hydroxyl groups excluding tert-OH is 1. The maximum absolute atomic E-state index is 13.6. The zero-order valence-corrected chi connectivity index (χ0v) is 17.4. The normalized spacial score (nSPS) is 21.5. The predicted molar refractivity (Wildman–Crippen MR) is 103 cm³/mol. The van der Waals surface area contributed by atoms with Crippen molar-refractivity contribution in [2.75, 3.05) is 12.1 Å². The second-order valence-electron chi connectivity index (χ2n) is 6.99. The number of rotatable bonds is 6. The summed E-state index contributed by atoms with van der Waals surface area (Å²) < 4.78 is 124. The number of aliphatic hydroxyl groups is 1. The fraction of sp³-hybridized carbons (Fsp3) is 0.421. The molecular formula is C19H17F9N4O2. The second kappa shape index (κ2) is 9.74. The first-order valence-corrected chi connectivity index (χ1v) is 9.11. The fourth-order valence-electron chi connectivity index (χ4n) is 3.18. The highest BCUT2D eigenvalue weighted by molar-refractivity contribution is 6.04. The maximum Gasteiger partial charge on any atom is 0.417 e. The van der Waals surface area contributed by atoms with Crippen LogP contribution in [0.15, 0.2) is 52.0 Å². The van der Waals surface area contributed by atoms with E-state index in [2.05, 4.69) is 26.5 Å². The summed E-state index contributed by atoms with van der Waals surface area (Å²) in [6.07, 6.45) is -18.0. The Labute approximate surface area is 186 Å². The molecule has 0 spiro atoms. The highest BCUT2D eigenvalue weighted by atomic mass is 19.4. The van der Waals surface area contributed by atoms with Gasteiger partial charge in [0.15, 0.2) is 12.3 Å². The summed E-state index contributed by atoms with van der Waals surface area (Å²) in [7, 11) is 0.652. The number of allylic oxidation sites excluding steroid dienone is 3. The lowest BCUT2D eigenvalue weighted by molar-refractivity contribution is -0.227. The molecule has 0 amide bonds. The van der Waals surface area contributed by atoms with E-state index in [1.54, 1.807) is 0 Å². The van der Waals surface area contributed by atoms with Gasteiger partial charge in [0.1, 0.15) is 0 Å². The van der Waals surface area contributed by atoms with Gasteiger partial charge >= 0.3 is 18.5 Å². The van der Waals surface area contributed by atoms with E-state index in [1.165, 1.54) is 0 Å². The zero-order valence-electron chi connectivity index (χ0n) is 17.4. The van der Waals surface area contributed by atoms with E-state index < -0.39 is 64.9 Å². The molecule has 0 radical (unpaired) electrons. The van der Waals surface area contributed by atoms with Crippen LogP contribution in [0.5, 0.6) is 0 Å². The number of nitrogens with zero attached hydrogens (tertiary/aromatic N) is 4. The highest BCUT2D eigenvalue weighted by Crippen LogP contribution is 2.40. The molecule has 1 aromatic heterocycles. The summed E-state index contributed by atoms with van der Waals surface area (Å²) in [5, 5.41) is 14.7. The number of halogens is 9. The molecule has 0 saturated heterocycles. The van der Waals surface area contributed by atoms with Gasteiger partial charge in [-0.15, -0.1) is 0 Å². The third kappa shape index (κ3) is 5.94. The molecule has 34 heavy (non-hydrogen) atoms. The molecule has 1 aromatic rings. The minimum atomic E-state index is -5.12.